The highest BCUT2D eigenvalue weighted by molar-refractivity contribution is 5.81. The van der Waals surface area contributed by atoms with Crippen LogP contribution < -0.4 is 5.32 Å². The van der Waals surface area contributed by atoms with Gasteiger partial charge in [0.15, 0.2) is 0 Å². The topological polar surface area (TPSA) is 17.0 Å². The summed E-state index contributed by atoms with van der Waals surface area (Å²) in [5.74, 6) is -0.157. The minimum Gasteiger partial charge on any atom is -0.344 e. The van der Waals surface area contributed by atoms with Crippen LogP contribution >= 0.6 is 0 Å². The van der Waals surface area contributed by atoms with E-state index in [9.17, 15) is 4.39 Å². The molecule has 1 heterocycles. The maximum absolute atomic E-state index is 13.6. The number of hydrogen-bond acceptors (Lipinski definition) is 1. The van der Waals surface area contributed by atoms with Crippen LogP contribution in [0.15, 0.2) is 24.3 Å². The third kappa shape index (κ3) is 1.95. The lowest BCUT2D eigenvalue weighted by molar-refractivity contribution is 0.570. The summed E-state index contributed by atoms with van der Waals surface area (Å²) in [6.07, 6.45) is 0. The van der Waals surface area contributed by atoms with Crippen molar-refractivity contribution in [3.8, 4) is 0 Å². The summed E-state index contributed by atoms with van der Waals surface area (Å²) in [6, 6.07) is 7.66. The highest BCUT2D eigenvalue weighted by Crippen LogP contribution is 2.21. The second-order valence-electron chi connectivity index (χ2n) is 4.41. The zero-order valence-corrected chi connectivity index (χ0v) is 9.92. The van der Waals surface area contributed by atoms with E-state index in [0.717, 1.165) is 17.6 Å². The van der Waals surface area contributed by atoms with Crippen LogP contribution in [0.1, 0.15) is 19.5 Å². The molecule has 0 fully saturated rings. The molecule has 0 aliphatic carbocycles. The normalized spacial score (nSPS) is 11.6. The van der Waals surface area contributed by atoms with Crippen molar-refractivity contribution in [1.82, 2.24) is 9.88 Å². The zero-order valence-electron chi connectivity index (χ0n) is 9.92. The number of hydrogen-bond donors (Lipinski definition) is 1. The van der Waals surface area contributed by atoms with Crippen LogP contribution in [0.2, 0.25) is 0 Å². The predicted octanol–water partition coefficient (Wildman–Crippen LogP) is 2.82. The van der Waals surface area contributed by atoms with Crippen molar-refractivity contribution in [3.05, 3.63) is 35.8 Å². The number of nitrogens with one attached hydrogen (secondary N) is 1. The Morgan fingerprint density at radius 2 is 2.12 bits per heavy atom. The molecule has 16 heavy (non-hydrogen) atoms. The molecular weight excluding hydrogens is 203 g/mol. The van der Waals surface area contributed by atoms with E-state index in [-0.39, 0.29) is 5.82 Å². The molecule has 2 rings (SSSR count). The highest BCUT2D eigenvalue weighted by Gasteiger charge is 2.09. The molecule has 1 N–H and O–H groups in total. The molecule has 3 heteroatoms. The van der Waals surface area contributed by atoms with E-state index in [0.29, 0.717) is 11.6 Å². The average molecular weight is 220 g/mol. The molecule has 86 valence electrons. The summed E-state index contributed by atoms with van der Waals surface area (Å²) >= 11 is 0. The lowest BCUT2D eigenvalue weighted by Crippen LogP contribution is -2.23. The molecule has 0 amide bonds. The summed E-state index contributed by atoms with van der Waals surface area (Å²) in [6.45, 7) is 4.97. The van der Waals surface area contributed by atoms with Crippen LogP contribution in [0.5, 0.6) is 0 Å². The molecule has 0 aliphatic heterocycles. The fourth-order valence-corrected chi connectivity index (χ4v) is 1.90. The number of halogens is 1. The van der Waals surface area contributed by atoms with E-state index in [1.807, 2.05) is 23.7 Å². The van der Waals surface area contributed by atoms with Gasteiger partial charge in [0.2, 0.25) is 0 Å². The number of fused-ring (bicyclic) bond motifs is 1. The van der Waals surface area contributed by atoms with Gasteiger partial charge in [-0.3, -0.25) is 0 Å². The highest BCUT2D eigenvalue weighted by atomic mass is 19.1. The SMILES string of the molecule is CC(C)NCc1cc2cccc(F)c2n1C. The van der Waals surface area contributed by atoms with E-state index in [1.165, 1.54) is 6.07 Å². The first-order valence-corrected chi connectivity index (χ1v) is 5.56. The van der Waals surface area contributed by atoms with Crippen molar-refractivity contribution < 1.29 is 4.39 Å². The van der Waals surface area contributed by atoms with Gasteiger partial charge in [-0.05, 0) is 12.1 Å². The Labute approximate surface area is 95.1 Å². The van der Waals surface area contributed by atoms with E-state index in [4.69, 9.17) is 0 Å². The molecule has 0 saturated carbocycles. The number of nitrogens with zero attached hydrogens (tertiary/aromatic N) is 1. The second kappa shape index (κ2) is 4.26. The Morgan fingerprint density at radius 1 is 1.38 bits per heavy atom. The van der Waals surface area contributed by atoms with Gasteiger partial charge in [0, 0.05) is 30.7 Å². The van der Waals surface area contributed by atoms with E-state index in [2.05, 4.69) is 19.2 Å². The van der Waals surface area contributed by atoms with Gasteiger partial charge in [-0.2, -0.15) is 0 Å². The Bertz CT molecular complexity index is 500. The van der Waals surface area contributed by atoms with Crippen LogP contribution in [-0.2, 0) is 13.6 Å². The van der Waals surface area contributed by atoms with Gasteiger partial charge in [-0.25, -0.2) is 4.39 Å². The maximum Gasteiger partial charge on any atom is 0.147 e. The molecule has 0 saturated heterocycles. The summed E-state index contributed by atoms with van der Waals surface area (Å²) in [7, 11) is 1.91. The molecule has 0 radical (unpaired) electrons. The third-order valence-corrected chi connectivity index (χ3v) is 2.80. The Balaban J connectivity index is 2.40. The maximum atomic E-state index is 13.6. The zero-order chi connectivity index (χ0) is 11.7. The smallest absolute Gasteiger partial charge is 0.147 e. The summed E-state index contributed by atoms with van der Waals surface area (Å²) in [5.41, 5.74) is 1.79. The van der Waals surface area contributed by atoms with Crippen molar-refractivity contribution in [2.45, 2.75) is 26.4 Å². The van der Waals surface area contributed by atoms with E-state index >= 15 is 0 Å². The van der Waals surface area contributed by atoms with Crippen molar-refractivity contribution in [2.75, 3.05) is 0 Å². The number of benzene rings is 1. The Morgan fingerprint density at radius 3 is 2.75 bits per heavy atom. The number of rotatable bonds is 3. The first kappa shape index (κ1) is 11.1. The fourth-order valence-electron chi connectivity index (χ4n) is 1.90. The van der Waals surface area contributed by atoms with Crippen LogP contribution in [-0.4, -0.2) is 10.6 Å². The van der Waals surface area contributed by atoms with Crippen LogP contribution in [0, 0.1) is 5.82 Å². The van der Waals surface area contributed by atoms with E-state index < -0.39 is 0 Å². The third-order valence-electron chi connectivity index (χ3n) is 2.80. The molecule has 0 bridgehead atoms. The van der Waals surface area contributed by atoms with Crippen molar-refractivity contribution >= 4 is 10.9 Å². The molecule has 0 unspecified atom stereocenters. The van der Waals surface area contributed by atoms with Crippen LogP contribution in [0.3, 0.4) is 0 Å². The van der Waals surface area contributed by atoms with Gasteiger partial charge < -0.3 is 9.88 Å². The van der Waals surface area contributed by atoms with Gasteiger partial charge >= 0.3 is 0 Å². The minimum atomic E-state index is -0.157. The molecular formula is C13H17FN2. The van der Waals surface area contributed by atoms with Crippen molar-refractivity contribution in [2.24, 2.45) is 7.05 Å². The van der Waals surface area contributed by atoms with Crippen molar-refractivity contribution in [3.63, 3.8) is 0 Å². The van der Waals surface area contributed by atoms with Crippen molar-refractivity contribution in [1.29, 1.82) is 0 Å². The summed E-state index contributed by atoms with van der Waals surface area (Å²) in [4.78, 5) is 0. The van der Waals surface area contributed by atoms with Gasteiger partial charge in [0.25, 0.3) is 0 Å². The quantitative estimate of drug-likeness (QED) is 0.841. The van der Waals surface area contributed by atoms with Gasteiger partial charge in [0.05, 0.1) is 5.52 Å². The molecule has 0 aliphatic rings. The van der Waals surface area contributed by atoms with Gasteiger partial charge in [0.1, 0.15) is 5.82 Å². The Kier molecular flexibility index (Phi) is 2.97. The standard InChI is InChI=1S/C13H17FN2/c1-9(2)15-8-11-7-10-5-4-6-12(14)13(10)16(11)3/h4-7,9,15H,8H2,1-3H3. The first-order valence-electron chi connectivity index (χ1n) is 5.56. The molecule has 0 atom stereocenters. The Hall–Kier alpha value is -1.35. The number of aromatic nitrogens is 1. The number of para-hydroxylation sites is 1. The molecule has 1 aromatic heterocycles. The molecule has 0 spiro atoms. The predicted molar refractivity (Wildman–Crippen MR) is 64.9 cm³/mol. The summed E-state index contributed by atoms with van der Waals surface area (Å²) in [5, 5.41) is 4.30. The largest absolute Gasteiger partial charge is 0.344 e. The monoisotopic (exact) mass is 220 g/mol. The fraction of sp³-hybridized carbons (Fsp3) is 0.385. The molecule has 1 aromatic carbocycles. The van der Waals surface area contributed by atoms with Crippen LogP contribution in [0.4, 0.5) is 4.39 Å². The average Bonchev–Trinajstić information content (AvgIpc) is 2.54. The van der Waals surface area contributed by atoms with E-state index in [1.54, 1.807) is 6.07 Å². The molecule has 2 aromatic rings. The number of aryl methyl sites for hydroxylation is 1. The van der Waals surface area contributed by atoms with Gasteiger partial charge in [-0.1, -0.05) is 26.0 Å². The summed E-state index contributed by atoms with van der Waals surface area (Å²) < 4.78 is 15.5. The lowest BCUT2D eigenvalue weighted by Gasteiger charge is -2.09. The first-order chi connectivity index (χ1) is 7.59. The molecule has 2 nitrogen and oxygen atoms in total. The van der Waals surface area contributed by atoms with Crippen LogP contribution in [0.25, 0.3) is 10.9 Å². The minimum absolute atomic E-state index is 0.157. The second-order valence-corrected chi connectivity index (χ2v) is 4.41. The van der Waals surface area contributed by atoms with Gasteiger partial charge in [-0.15, -0.1) is 0 Å². The lowest BCUT2D eigenvalue weighted by atomic mass is 10.2.